The molecular formula is C16H19Se. The van der Waals surface area contributed by atoms with Gasteiger partial charge in [0.05, 0.1) is 0 Å². The second-order valence-corrected chi connectivity index (χ2v) is 4.93. The Kier molecular flexibility index (Phi) is 7.56. The molecule has 89 valence electrons. The van der Waals surface area contributed by atoms with Gasteiger partial charge in [0.2, 0.25) is 0 Å². The number of allylic oxidation sites excluding steroid dienone is 1. The first kappa shape index (κ1) is 14.1. The Labute approximate surface area is 113 Å². The van der Waals surface area contributed by atoms with E-state index in [4.69, 9.17) is 0 Å². The molecule has 17 heavy (non-hydrogen) atoms. The summed E-state index contributed by atoms with van der Waals surface area (Å²) in [6.45, 7) is 2.23. The molecule has 0 saturated heterocycles. The summed E-state index contributed by atoms with van der Waals surface area (Å²) in [5.74, 6) is 6.28. The maximum absolute atomic E-state index is 3.19. The minimum absolute atomic E-state index is 1.02. The van der Waals surface area contributed by atoms with Crippen molar-refractivity contribution in [1.29, 1.82) is 0 Å². The predicted molar refractivity (Wildman–Crippen MR) is 77.4 cm³/mol. The normalized spacial score (nSPS) is 10.2. The van der Waals surface area contributed by atoms with Gasteiger partial charge in [-0.3, -0.25) is 0 Å². The Bertz CT molecular complexity index is 407. The number of hydrogen-bond acceptors (Lipinski definition) is 0. The summed E-state index contributed by atoms with van der Waals surface area (Å²) in [6, 6.07) is 8.23. The molecule has 0 aromatic heterocycles. The van der Waals surface area contributed by atoms with Crippen molar-refractivity contribution in [1.82, 2.24) is 0 Å². The average Bonchev–Trinajstić information content (AvgIpc) is 2.35. The fraction of sp³-hybridized carbons (Fsp3) is 0.375. The van der Waals surface area contributed by atoms with Gasteiger partial charge in [-0.05, 0) is 0 Å². The van der Waals surface area contributed by atoms with Crippen molar-refractivity contribution in [2.75, 3.05) is 0 Å². The molecule has 0 aliphatic carbocycles. The van der Waals surface area contributed by atoms with Crippen molar-refractivity contribution in [3.63, 3.8) is 0 Å². The standard InChI is InChI=1S/C16H19Se/c1-2-3-4-5-6-7-8-9-12-15-13-10-11-14-16(15)17/h9-14H,2-6H2,1H3/b12-9-. The van der Waals surface area contributed by atoms with Gasteiger partial charge in [0, 0.05) is 0 Å². The molecule has 0 spiro atoms. The number of hydrogen-bond donors (Lipinski definition) is 0. The van der Waals surface area contributed by atoms with Crippen molar-refractivity contribution in [3.8, 4) is 11.8 Å². The molecule has 0 bridgehead atoms. The van der Waals surface area contributed by atoms with Gasteiger partial charge in [0.15, 0.2) is 0 Å². The first-order valence-corrected chi connectivity index (χ1v) is 7.11. The van der Waals surface area contributed by atoms with Gasteiger partial charge in [0.25, 0.3) is 0 Å². The van der Waals surface area contributed by atoms with Crippen LogP contribution in [0.1, 0.15) is 44.6 Å². The van der Waals surface area contributed by atoms with E-state index in [-0.39, 0.29) is 0 Å². The third-order valence-electron chi connectivity index (χ3n) is 2.52. The molecule has 0 unspecified atom stereocenters. The molecule has 1 radical (unpaired) electrons. The van der Waals surface area contributed by atoms with Gasteiger partial charge in [-0.1, -0.05) is 0 Å². The molecule has 1 aromatic rings. The summed E-state index contributed by atoms with van der Waals surface area (Å²) < 4.78 is 1.17. The van der Waals surface area contributed by atoms with Crippen molar-refractivity contribution >= 4 is 26.6 Å². The molecule has 0 aliphatic rings. The third-order valence-corrected chi connectivity index (χ3v) is 3.30. The van der Waals surface area contributed by atoms with Crippen LogP contribution in [-0.4, -0.2) is 16.0 Å². The monoisotopic (exact) mass is 291 g/mol. The van der Waals surface area contributed by atoms with Crippen molar-refractivity contribution in [3.05, 3.63) is 35.9 Å². The molecule has 0 amide bonds. The maximum atomic E-state index is 3.19. The van der Waals surface area contributed by atoms with Gasteiger partial charge >= 0.3 is 113 Å². The van der Waals surface area contributed by atoms with Crippen LogP contribution in [0.3, 0.4) is 0 Å². The summed E-state index contributed by atoms with van der Waals surface area (Å²) in [4.78, 5) is 0. The zero-order valence-electron chi connectivity index (χ0n) is 10.4. The van der Waals surface area contributed by atoms with Crippen LogP contribution >= 0.6 is 0 Å². The Morgan fingerprint density at radius 2 is 2.00 bits per heavy atom. The van der Waals surface area contributed by atoms with E-state index in [1.165, 1.54) is 35.7 Å². The van der Waals surface area contributed by atoms with E-state index >= 15 is 0 Å². The molecule has 0 fully saturated rings. The molecule has 0 N–H and O–H groups in total. The van der Waals surface area contributed by atoms with E-state index in [1.54, 1.807) is 0 Å². The van der Waals surface area contributed by atoms with Gasteiger partial charge in [-0.15, -0.1) is 0 Å². The van der Waals surface area contributed by atoms with Gasteiger partial charge in [0.1, 0.15) is 0 Å². The molecule has 0 aliphatic heterocycles. The topological polar surface area (TPSA) is 0 Å². The Hall–Kier alpha value is -0.961. The van der Waals surface area contributed by atoms with Crippen LogP contribution in [0.25, 0.3) is 6.08 Å². The Balaban J connectivity index is 2.31. The molecule has 0 saturated carbocycles. The van der Waals surface area contributed by atoms with Crippen LogP contribution in [-0.2, 0) is 0 Å². The minimum atomic E-state index is 1.02. The van der Waals surface area contributed by atoms with E-state index in [1.807, 2.05) is 18.2 Å². The van der Waals surface area contributed by atoms with E-state index in [9.17, 15) is 0 Å². The van der Waals surface area contributed by atoms with Crippen LogP contribution < -0.4 is 4.46 Å². The Morgan fingerprint density at radius 1 is 1.18 bits per heavy atom. The molecular weight excluding hydrogens is 271 g/mol. The fourth-order valence-electron chi connectivity index (χ4n) is 1.52. The number of rotatable bonds is 5. The van der Waals surface area contributed by atoms with Crippen molar-refractivity contribution in [2.45, 2.75) is 39.0 Å². The summed E-state index contributed by atoms with van der Waals surface area (Å²) in [7, 11) is 0. The third kappa shape index (κ3) is 6.37. The molecule has 1 aromatic carbocycles. The van der Waals surface area contributed by atoms with Crippen LogP contribution in [0.5, 0.6) is 0 Å². The van der Waals surface area contributed by atoms with Gasteiger partial charge in [-0.25, -0.2) is 0 Å². The van der Waals surface area contributed by atoms with E-state index in [0.29, 0.717) is 0 Å². The molecule has 0 nitrogen and oxygen atoms in total. The zero-order chi connectivity index (χ0) is 12.3. The first-order valence-electron chi connectivity index (χ1n) is 6.25. The van der Waals surface area contributed by atoms with Crippen LogP contribution in [0.15, 0.2) is 30.3 Å². The summed E-state index contributed by atoms with van der Waals surface area (Å²) in [6.07, 6.45) is 10.2. The Morgan fingerprint density at radius 3 is 2.76 bits per heavy atom. The molecule has 1 heteroatoms. The second kappa shape index (κ2) is 9.11. The van der Waals surface area contributed by atoms with Gasteiger partial charge < -0.3 is 0 Å². The van der Waals surface area contributed by atoms with Crippen LogP contribution in [0.2, 0.25) is 0 Å². The summed E-state index contributed by atoms with van der Waals surface area (Å²) >= 11 is 3.05. The first-order chi connectivity index (χ1) is 8.34. The van der Waals surface area contributed by atoms with E-state index < -0.39 is 0 Å². The van der Waals surface area contributed by atoms with Crippen LogP contribution in [0.4, 0.5) is 0 Å². The van der Waals surface area contributed by atoms with Crippen molar-refractivity contribution < 1.29 is 0 Å². The second-order valence-electron chi connectivity index (χ2n) is 4.00. The molecule has 0 heterocycles. The van der Waals surface area contributed by atoms with Gasteiger partial charge in [-0.2, -0.15) is 0 Å². The van der Waals surface area contributed by atoms with Crippen molar-refractivity contribution in [2.24, 2.45) is 0 Å². The van der Waals surface area contributed by atoms with Crippen LogP contribution in [0, 0.1) is 11.8 Å². The SMILES string of the molecule is CCCCCCC#C/C=C\c1ccccc1[Se]. The molecule has 0 atom stereocenters. The number of benzene rings is 1. The van der Waals surface area contributed by atoms with E-state index in [2.05, 4.69) is 53.0 Å². The summed E-state index contributed by atoms with van der Waals surface area (Å²) in [5.41, 5.74) is 1.20. The van der Waals surface area contributed by atoms with E-state index in [0.717, 1.165) is 6.42 Å². The number of unbranched alkanes of at least 4 members (excludes halogenated alkanes) is 4. The fourth-order valence-corrected chi connectivity index (χ4v) is 1.97. The molecule has 1 rings (SSSR count). The quantitative estimate of drug-likeness (QED) is 0.442. The predicted octanol–water partition coefficient (Wildman–Crippen LogP) is 3.47. The average molecular weight is 290 g/mol. The zero-order valence-corrected chi connectivity index (χ0v) is 12.1. The summed E-state index contributed by atoms with van der Waals surface area (Å²) in [5, 5.41) is 0.